The van der Waals surface area contributed by atoms with Crippen molar-refractivity contribution in [2.24, 2.45) is 5.92 Å². The monoisotopic (exact) mass is 688 g/mol. The van der Waals surface area contributed by atoms with Gasteiger partial charge in [0, 0.05) is 5.56 Å². The molecular formula is C44H52F4O2. The molecule has 4 aromatic carbocycles. The summed E-state index contributed by atoms with van der Waals surface area (Å²) in [6, 6.07) is 22.0. The van der Waals surface area contributed by atoms with E-state index < -0.39 is 17.5 Å². The maximum Gasteiger partial charge on any atom is 0.201 e. The minimum Gasteiger partial charge on any atom is -0.491 e. The molecule has 0 unspecified atom stereocenters. The molecule has 0 atom stereocenters. The number of rotatable bonds is 19. The second kappa shape index (κ2) is 19.6. The minimum absolute atomic E-state index is 0.0274. The van der Waals surface area contributed by atoms with Gasteiger partial charge >= 0.3 is 0 Å². The molecule has 1 fully saturated rings. The zero-order valence-electron chi connectivity index (χ0n) is 29.5. The first-order valence-corrected chi connectivity index (χ1v) is 18.8. The normalized spacial score (nSPS) is 16.0. The van der Waals surface area contributed by atoms with Crippen molar-refractivity contribution in [3.05, 3.63) is 108 Å². The van der Waals surface area contributed by atoms with Gasteiger partial charge < -0.3 is 9.47 Å². The molecule has 0 amide bonds. The van der Waals surface area contributed by atoms with Crippen LogP contribution in [0.15, 0.2) is 78.9 Å². The first-order chi connectivity index (χ1) is 24.4. The predicted octanol–water partition coefficient (Wildman–Crippen LogP) is 13.6. The number of hydrogen-bond acceptors (Lipinski definition) is 2. The summed E-state index contributed by atoms with van der Waals surface area (Å²) in [5.74, 6) is -0.885. The molecule has 2 nitrogen and oxygen atoms in total. The van der Waals surface area contributed by atoms with Crippen LogP contribution in [0.4, 0.5) is 17.6 Å². The van der Waals surface area contributed by atoms with Crippen LogP contribution >= 0.6 is 0 Å². The molecule has 0 radical (unpaired) electrons. The van der Waals surface area contributed by atoms with Gasteiger partial charge in [0.15, 0.2) is 23.1 Å². The van der Waals surface area contributed by atoms with Crippen LogP contribution in [0, 0.1) is 29.2 Å². The molecule has 0 aromatic heterocycles. The van der Waals surface area contributed by atoms with Crippen LogP contribution < -0.4 is 9.47 Å². The maximum absolute atomic E-state index is 15.0. The molecule has 0 heterocycles. The molecule has 6 heteroatoms. The summed E-state index contributed by atoms with van der Waals surface area (Å²) in [7, 11) is 0. The second-order valence-corrected chi connectivity index (χ2v) is 13.9. The molecule has 0 saturated heterocycles. The van der Waals surface area contributed by atoms with E-state index in [0.717, 1.165) is 69.3 Å². The highest BCUT2D eigenvalue weighted by molar-refractivity contribution is 5.66. The van der Waals surface area contributed by atoms with Gasteiger partial charge in [0.1, 0.15) is 5.82 Å². The van der Waals surface area contributed by atoms with Crippen molar-refractivity contribution in [2.75, 3.05) is 13.2 Å². The lowest BCUT2D eigenvalue weighted by molar-refractivity contribution is 0.284. The van der Waals surface area contributed by atoms with Crippen LogP contribution in [0.2, 0.25) is 0 Å². The highest BCUT2D eigenvalue weighted by atomic mass is 19.2. The van der Waals surface area contributed by atoms with E-state index in [2.05, 4.69) is 19.1 Å². The van der Waals surface area contributed by atoms with Crippen molar-refractivity contribution < 1.29 is 27.0 Å². The van der Waals surface area contributed by atoms with Crippen molar-refractivity contribution in [1.29, 1.82) is 0 Å². The molecule has 0 N–H and O–H groups in total. The van der Waals surface area contributed by atoms with E-state index >= 15 is 4.39 Å². The Labute approximate surface area is 296 Å². The van der Waals surface area contributed by atoms with E-state index in [4.69, 9.17) is 9.47 Å². The Morgan fingerprint density at radius 1 is 0.540 bits per heavy atom. The Morgan fingerprint density at radius 3 is 1.68 bits per heavy atom. The van der Waals surface area contributed by atoms with Crippen LogP contribution in [0.25, 0.3) is 22.3 Å². The van der Waals surface area contributed by atoms with E-state index in [1.807, 2.05) is 12.1 Å². The topological polar surface area (TPSA) is 18.5 Å². The number of hydrogen-bond donors (Lipinski definition) is 0. The fourth-order valence-corrected chi connectivity index (χ4v) is 7.24. The standard InChI is InChI=1S/C44H52F4O2/c1-2-12-32-13-15-33(16-14-32)34-17-19-36(20-18-34)39-26-28-42(44(48)43(39)47)50-30-11-9-7-5-3-4-6-8-10-29-49-41-27-23-37(31-40(41)46)35-21-24-38(45)25-22-35/h17-28,31-33H,2-16,29-30H2,1H3. The summed E-state index contributed by atoms with van der Waals surface area (Å²) in [6.45, 7) is 3.08. The molecule has 0 bridgehead atoms. The van der Waals surface area contributed by atoms with E-state index in [1.54, 1.807) is 36.4 Å². The predicted molar refractivity (Wildman–Crippen MR) is 196 cm³/mol. The van der Waals surface area contributed by atoms with Crippen LogP contribution in [0.5, 0.6) is 11.5 Å². The highest BCUT2D eigenvalue weighted by Gasteiger charge is 2.22. The SMILES string of the molecule is CCCC1CCC(c2ccc(-c3ccc(OCCCCCCCCCCCOc4ccc(-c5ccc(F)cc5)cc4F)c(F)c3F)cc2)CC1. The molecule has 50 heavy (non-hydrogen) atoms. The van der Waals surface area contributed by atoms with Crippen molar-refractivity contribution >= 4 is 0 Å². The average molecular weight is 689 g/mol. The zero-order valence-corrected chi connectivity index (χ0v) is 29.5. The van der Waals surface area contributed by atoms with Gasteiger partial charge in [-0.25, -0.2) is 13.2 Å². The number of halogens is 4. The van der Waals surface area contributed by atoms with Crippen molar-refractivity contribution in [3.63, 3.8) is 0 Å². The number of ether oxygens (including phenoxy) is 2. The second-order valence-electron chi connectivity index (χ2n) is 13.9. The number of unbranched alkanes of at least 4 members (excludes halogenated alkanes) is 8. The fraction of sp³-hybridized carbons (Fsp3) is 0.455. The van der Waals surface area contributed by atoms with Gasteiger partial charge in [0.05, 0.1) is 13.2 Å². The van der Waals surface area contributed by atoms with Crippen LogP contribution in [-0.4, -0.2) is 13.2 Å². The van der Waals surface area contributed by atoms with Crippen molar-refractivity contribution in [1.82, 2.24) is 0 Å². The Kier molecular flexibility index (Phi) is 14.6. The van der Waals surface area contributed by atoms with Gasteiger partial charge in [-0.1, -0.05) is 107 Å². The van der Waals surface area contributed by atoms with Crippen molar-refractivity contribution in [2.45, 2.75) is 109 Å². The lowest BCUT2D eigenvalue weighted by Gasteiger charge is -2.28. The summed E-state index contributed by atoms with van der Waals surface area (Å²) in [6.07, 6.45) is 16.8. The Morgan fingerprint density at radius 2 is 1.08 bits per heavy atom. The van der Waals surface area contributed by atoms with Gasteiger partial charge in [0.2, 0.25) is 5.82 Å². The van der Waals surface area contributed by atoms with Gasteiger partial charge in [-0.3, -0.25) is 0 Å². The molecule has 1 aliphatic carbocycles. The van der Waals surface area contributed by atoms with E-state index in [0.29, 0.717) is 30.3 Å². The summed E-state index contributed by atoms with van der Waals surface area (Å²) >= 11 is 0. The van der Waals surface area contributed by atoms with Gasteiger partial charge in [-0.2, -0.15) is 4.39 Å². The molecular weight excluding hydrogens is 636 g/mol. The highest BCUT2D eigenvalue weighted by Crippen LogP contribution is 2.38. The lowest BCUT2D eigenvalue weighted by atomic mass is 9.77. The largest absolute Gasteiger partial charge is 0.491 e. The van der Waals surface area contributed by atoms with Gasteiger partial charge in [-0.15, -0.1) is 0 Å². The van der Waals surface area contributed by atoms with Crippen LogP contribution in [0.3, 0.4) is 0 Å². The molecule has 268 valence electrons. The molecule has 0 spiro atoms. The summed E-state index contributed by atoms with van der Waals surface area (Å²) in [4.78, 5) is 0. The summed E-state index contributed by atoms with van der Waals surface area (Å²) in [5, 5.41) is 0. The maximum atomic E-state index is 15.0. The van der Waals surface area contributed by atoms with E-state index in [1.165, 1.54) is 62.3 Å². The van der Waals surface area contributed by atoms with Crippen molar-refractivity contribution in [3.8, 4) is 33.8 Å². The van der Waals surface area contributed by atoms with Gasteiger partial charge in [0.25, 0.3) is 0 Å². The third-order valence-electron chi connectivity index (χ3n) is 10.2. The third kappa shape index (κ3) is 10.8. The molecule has 1 saturated carbocycles. The lowest BCUT2D eigenvalue weighted by Crippen LogP contribution is -2.13. The molecule has 1 aliphatic rings. The van der Waals surface area contributed by atoms with Gasteiger partial charge in [-0.05, 0) is 109 Å². The third-order valence-corrected chi connectivity index (χ3v) is 10.2. The van der Waals surface area contributed by atoms with E-state index in [-0.39, 0.29) is 22.9 Å². The summed E-state index contributed by atoms with van der Waals surface area (Å²) < 4.78 is 68.8. The van der Waals surface area contributed by atoms with Crippen LogP contribution in [0.1, 0.15) is 115 Å². The smallest absolute Gasteiger partial charge is 0.201 e. The fourth-order valence-electron chi connectivity index (χ4n) is 7.24. The average Bonchev–Trinajstić information content (AvgIpc) is 3.13. The minimum atomic E-state index is -0.920. The first-order valence-electron chi connectivity index (χ1n) is 18.8. The van der Waals surface area contributed by atoms with E-state index in [9.17, 15) is 13.2 Å². The molecule has 5 rings (SSSR count). The Hall–Kier alpha value is -3.80. The molecule has 0 aliphatic heterocycles. The summed E-state index contributed by atoms with van der Waals surface area (Å²) in [5.41, 5.74) is 3.69. The Bertz CT molecular complexity index is 1590. The first kappa shape index (κ1) is 37.5. The Balaban J connectivity index is 0.905. The van der Waals surface area contributed by atoms with Crippen LogP contribution in [-0.2, 0) is 0 Å². The zero-order chi connectivity index (χ0) is 35.1. The quantitative estimate of drug-likeness (QED) is 0.0721. The molecule has 4 aromatic rings. The number of benzene rings is 4.